The number of thioether (sulfide) groups is 1. The Labute approximate surface area is 152 Å². The maximum absolute atomic E-state index is 12.2. The second-order valence-electron chi connectivity index (χ2n) is 5.62. The molecule has 3 N–H and O–H groups in total. The number of halogens is 1. The fourth-order valence-electron chi connectivity index (χ4n) is 2.70. The normalized spacial score (nSPS) is 15.2. The average molecular weight is 372 g/mol. The number of carbonyl (C=O) groups excluding carboxylic acids is 1. The minimum atomic E-state index is -0.0829. The highest BCUT2D eigenvalue weighted by atomic mass is 35.5. The van der Waals surface area contributed by atoms with E-state index in [9.17, 15) is 4.79 Å². The van der Waals surface area contributed by atoms with Crippen molar-refractivity contribution in [3.05, 3.63) is 34.9 Å². The van der Waals surface area contributed by atoms with Crippen LogP contribution in [-0.2, 0) is 10.5 Å². The highest BCUT2D eigenvalue weighted by molar-refractivity contribution is 7.99. The van der Waals surface area contributed by atoms with Gasteiger partial charge in [-0.15, -0.1) is 11.8 Å². The molecule has 0 aliphatic heterocycles. The SMILES string of the molecule is NC(=S)N(NC(=O)CSCc1ccccc1Cl)C1CCCCC1. The number of benzene rings is 1. The summed E-state index contributed by atoms with van der Waals surface area (Å²) in [5, 5.41) is 2.64. The lowest BCUT2D eigenvalue weighted by molar-refractivity contribution is -0.122. The van der Waals surface area contributed by atoms with Crippen LogP contribution in [0.3, 0.4) is 0 Å². The van der Waals surface area contributed by atoms with Gasteiger partial charge >= 0.3 is 0 Å². The molecule has 1 fully saturated rings. The van der Waals surface area contributed by atoms with Gasteiger partial charge in [-0.2, -0.15) is 0 Å². The maximum atomic E-state index is 12.2. The zero-order valence-corrected chi connectivity index (χ0v) is 15.4. The Morgan fingerprint density at radius 1 is 1.35 bits per heavy atom. The third-order valence-corrected chi connectivity index (χ3v) is 5.42. The molecule has 0 saturated heterocycles. The molecule has 1 aromatic carbocycles. The highest BCUT2D eigenvalue weighted by Crippen LogP contribution is 2.22. The topological polar surface area (TPSA) is 58.4 Å². The predicted octanol–water partition coefficient (Wildman–Crippen LogP) is 3.48. The van der Waals surface area contributed by atoms with Crippen molar-refractivity contribution in [3.63, 3.8) is 0 Å². The lowest BCUT2D eigenvalue weighted by atomic mass is 9.95. The van der Waals surface area contributed by atoms with Crippen molar-refractivity contribution in [2.75, 3.05) is 5.75 Å². The summed E-state index contributed by atoms with van der Waals surface area (Å²) >= 11 is 12.7. The van der Waals surface area contributed by atoms with Gasteiger partial charge in [-0.25, -0.2) is 0 Å². The van der Waals surface area contributed by atoms with E-state index < -0.39 is 0 Å². The molecule has 126 valence electrons. The number of nitrogens with two attached hydrogens (primary N) is 1. The van der Waals surface area contributed by atoms with E-state index in [4.69, 9.17) is 29.6 Å². The number of nitrogens with one attached hydrogen (secondary N) is 1. The Bertz CT molecular complexity index is 550. The predicted molar refractivity (Wildman–Crippen MR) is 101 cm³/mol. The van der Waals surface area contributed by atoms with Crippen molar-refractivity contribution in [1.29, 1.82) is 0 Å². The zero-order chi connectivity index (χ0) is 16.7. The van der Waals surface area contributed by atoms with E-state index in [0.29, 0.717) is 11.5 Å². The molecule has 1 aliphatic carbocycles. The number of nitrogens with zero attached hydrogens (tertiary/aromatic N) is 1. The third-order valence-electron chi connectivity index (χ3n) is 3.87. The minimum absolute atomic E-state index is 0.0829. The van der Waals surface area contributed by atoms with Gasteiger partial charge in [0.25, 0.3) is 0 Å². The van der Waals surface area contributed by atoms with Crippen molar-refractivity contribution in [1.82, 2.24) is 10.4 Å². The van der Waals surface area contributed by atoms with Crippen LogP contribution in [0.4, 0.5) is 0 Å². The molecule has 1 saturated carbocycles. The molecule has 0 heterocycles. The molecule has 4 nitrogen and oxygen atoms in total. The van der Waals surface area contributed by atoms with Gasteiger partial charge in [0.2, 0.25) is 5.91 Å². The summed E-state index contributed by atoms with van der Waals surface area (Å²) < 4.78 is 0. The molecular formula is C16H22ClN3OS2. The Balaban J connectivity index is 1.80. The number of carbonyl (C=O) groups is 1. The van der Waals surface area contributed by atoms with Crippen LogP contribution in [0.1, 0.15) is 37.7 Å². The molecule has 0 spiro atoms. The van der Waals surface area contributed by atoms with Crippen molar-refractivity contribution >= 4 is 46.6 Å². The maximum Gasteiger partial charge on any atom is 0.248 e. The van der Waals surface area contributed by atoms with Crippen molar-refractivity contribution < 1.29 is 4.79 Å². The molecule has 1 aromatic rings. The fourth-order valence-corrected chi connectivity index (χ4v) is 4.00. The van der Waals surface area contributed by atoms with Gasteiger partial charge in [0.05, 0.1) is 11.8 Å². The number of hydrazine groups is 1. The van der Waals surface area contributed by atoms with Crippen LogP contribution in [0.25, 0.3) is 0 Å². The quantitative estimate of drug-likeness (QED) is 0.613. The van der Waals surface area contributed by atoms with Crippen LogP contribution >= 0.6 is 35.6 Å². The lowest BCUT2D eigenvalue weighted by Crippen LogP contribution is -2.55. The van der Waals surface area contributed by atoms with E-state index in [0.717, 1.165) is 36.3 Å². The van der Waals surface area contributed by atoms with Crippen LogP contribution in [0.15, 0.2) is 24.3 Å². The molecule has 7 heteroatoms. The lowest BCUT2D eigenvalue weighted by Gasteiger charge is -2.34. The van der Waals surface area contributed by atoms with Gasteiger partial charge < -0.3 is 5.73 Å². The monoisotopic (exact) mass is 371 g/mol. The van der Waals surface area contributed by atoms with Crippen LogP contribution in [0, 0.1) is 0 Å². The largest absolute Gasteiger partial charge is 0.375 e. The molecule has 0 atom stereocenters. The second-order valence-corrected chi connectivity index (χ2v) is 7.43. The second kappa shape index (κ2) is 9.35. The number of amides is 1. The van der Waals surface area contributed by atoms with Crippen molar-refractivity contribution in [2.24, 2.45) is 5.73 Å². The first-order valence-electron chi connectivity index (χ1n) is 7.77. The first-order valence-corrected chi connectivity index (χ1v) is 9.71. The van der Waals surface area contributed by atoms with E-state index in [1.54, 1.807) is 5.01 Å². The van der Waals surface area contributed by atoms with E-state index in [-0.39, 0.29) is 17.1 Å². The van der Waals surface area contributed by atoms with Crippen LogP contribution in [0.5, 0.6) is 0 Å². The van der Waals surface area contributed by atoms with Crippen LogP contribution in [-0.4, -0.2) is 27.8 Å². The van der Waals surface area contributed by atoms with Crippen molar-refractivity contribution in [2.45, 2.75) is 43.9 Å². The molecule has 0 aromatic heterocycles. The summed E-state index contributed by atoms with van der Waals surface area (Å²) in [6.45, 7) is 0. The molecule has 0 unspecified atom stereocenters. The Kier molecular flexibility index (Phi) is 7.46. The first kappa shape index (κ1) is 18.4. The molecule has 0 radical (unpaired) electrons. The number of hydrogen-bond acceptors (Lipinski definition) is 3. The number of hydrogen-bond donors (Lipinski definition) is 2. The molecule has 1 aliphatic rings. The Morgan fingerprint density at radius 3 is 2.70 bits per heavy atom. The summed E-state index contributed by atoms with van der Waals surface area (Å²) in [5.74, 6) is 0.959. The minimum Gasteiger partial charge on any atom is -0.375 e. The molecule has 1 amide bonds. The van der Waals surface area contributed by atoms with Gasteiger partial charge in [0, 0.05) is 10.8 Å². The molecular weight excluding hydrogens is 350 g/mol. The van der Waals surface area contributed by atoms with E-state index >= 15 is 0 Å². The molecule has 0 bridgehead atoms. The summed E-state index contributed by atoms with van der Waals surface area (Å²) in [6, 6.07) is 7.89. The van der Waals surface area contributed by atoms with E-state index in [1.165, 1.54) is 18.2 Å². The molecule has 2 rings (SSSR count). The number of rotatable bonds is 5. The standard InChI is InChI=1S/C16H22ClN3OS2/c17-14-9-5-4-6-12(14)10-23-11-15(21)19-20(16(18)22)13-7-2-1-3-8-13/h4-6,9,13H,1-3,7-8,10-11H2,(H2,18,22)(H,19,21). The van der Waals surface area contributed by atoms with Gasteiger partial charge in [-0.05, 0) is 36.7 Å². The van der Waals surface area contributed by atoms with Crippen LogP contribution < -0.4 is 11.2 Å². The van der Waals surface area contributed by atoms with Gasteiger partial charge in [-0.1, -0.05) is 49.1 Å². The highest BCUT2D eigenvalue weighted by Gasteiger charge is 2.23. The van der Waals surface area contributed by atoms with E-state index in [2.05, 4.69) is 5.43 Å². The zero-order valence-electron chi connectivity index (χ0n) is 13.0. The summed E-state index contributed by atoms with van der Waals surface area (Å²) in [6.07, 6.45) is 5.58. The third kappa shape index (κ3) is 5.86. The smallest absolute Gasteiger partial charge is 0.248 e. The summed E-state index contributed by atoms with van der Waals surface area (Å²) in [5.41, 5.74) is 9.67. The first-order chi connectivity index (χ1) is 11.1. The number of thiocarbonyl (C=S) groups is 1. The Hall–Kier alpha value is -0.980. The van der Waals surface area contributed by atoms with E-state index in [1.807, 2.05) is 24.3 Å². The summed E-state index contributed by atoms with van der Waals surface area (Å²) in [4.78, 5) is 12.2. The van der Waals surface area contributed by atoms with Gasteiger partial charge in [0.1, 0.15) is 0 Å². The fraction of sp³-hybridized carbons (Fsp3) is 0.500. The molecule has 23 heavy (non-hydrogen) atoms. The van der Waals surface area contributed by atoms with Crippen LogP contribution in [0.2, 0.25) is 5.02 Å². The van der Waals surface area contributed by atoms with Gasteiger partial charge in [0.15, 0.2) is 5.11 Å². The summed E-state index contributed by atoms with van der Waals surface area (Å²) in [7, 11) is 0. The average Bonchev–Trinajstić information content (AvgIpc) is 2.55. The van der Waals surface area contributed by atoms with Gasteiger partial charge in [-0.3, -0.25) is 15.2 Å². The Morgan fingerprint density at radius 2 is 2.04 bits per heavy atom. The van der Waals surface area contributed by atoms with Crippen molar-refractivity contribution in [3.8, 4) is 0 Å².